The first-order valence-electron chi connectivity index (χ1n) is 5.29. The Hall–Kier alpha value is -0.280. The Labute approximate surface area is 107 Å². The summed E-state index contributed by atoms with van der Waals surface area (Å²) in [7, 11) is 1.70. The smallest absolute Gasteiger partial charge is 0.0595 e. The van der Waals surface area contributed by atoms with E-state index >= 15 is 0 Å². The van der Waals surface area contributed by atoms with Crippen LogP contribution in [0.3, 0.4) is 0 Å². The van der Waals surface area contributed by atoms with Gasteiger partial charge in [-0.1, -0.05) is 29.3 Å². The number of methoxy groups -OCH3 is 1. The van der Waals surface area contributed by atoms with E-state index in [1.807, 2.05) is 18.2 Å². The normalized spacial score (nSPS) is 12.8. The van der Waals surface area contributed by atoms with Crippen LogP contribution in [0.15, 0.2) is 18.2 Å². The molecule has 0 saturated carbocycles. The van der Waals surface area contributed by atoms with E-state index in [9.17, 15) is 0 Å². The quantitative estimate of drug-likeness (QED) is 0.795. The van der Waals surface area contributed by atoms with Crippen LogP contribution in [-0.4, -0.2) is 26.3 Å². The molecule has 1 rings (SSSR count). The van der Waals surface area contributed by atoms with Gasteiger partial charge in [0.15, 0.2) is 0 Å². The van der Waals surface area contributed by atoms with E-state index in [1.165, 1.54) is 5.56 Å². The molecule has 0 aromatic heterocycles. The van der Waals surface area contributed by atoms with Crippen LogP contribution >= 0.6 is 23.2 Å². The van der Waals surface area contributed by atoms with E-state index in [4.69, 9.17) is 27.9 Å². The fourth-order valence-electron chi connectivity index (χ4n) is 1.50. The van der Waals surface area contributed by atoms with Crippen molar-refractivity contribution in [2.24, 2.45) is 0 Å². The van der Waals surface area contributed by atoms with Crippen molar-refractivity contribution in [3.8, 4) is 0 Å². The standard InChI is InChI=1S/C12H17Cl2NO/c1-9(15-5-6-16-2)7-10-3-4-11(13)12(14)8-10/h3-4,8-9,15H,5-7H2,1-2H3. The van der Waals surface area contributed by atoms with Gasteiger partial charge in [0.2, 0.25) is 0 Å². The number of rotatable bonds is 6. The zero-order valence-corrected chi connectivity index (χ0v) is 11.1. The monoisotopic (exact) mass is 261 g/mol. The molecule has 0 heterocycles. The van der Waals surface area contributed by atoms with Crippen LogP contribution < -0.4 is 5.32 Å². The second-order valence-corrected chi connectivity index (χ2v) is 4.61. The highest BCUT2D eigenvalue weighted by molar-refractivity contribution is 6.42. The van der Waals surface area contributed by atoms with Gasteiger partial charge in [-0.25, -0.2) is 0 Å². The minimum Gasteiger partial charge on any atom is -0.383 e. The summed E-state index contributed by atoms with van der Waals surface area (Å²) in [5.41, 5.74) is 1.19. The van der Waals surface area contributed by atoms with Crippen LogP contribution in [0.4, 0.5) is 0 Å². The lowest BCUT2D eigenvalue weighted by Crippen LogP contribution is -2.30. The van der Waals surface area contributed by atoms with E-state index in [0.717, 1.165) is 19.6 Å². The Bertz CT molecular complexity index is 331. The molecule has 4 heteroatoms. The van der Waals surface area contributed by atoms with E-state index < -0.39 is 0 Å². The van der Waals surface area contributed by atoms with Gasteiger partial charge in [-0.05, 0) is 31.0 Å². The molecule has 0 fully saturated rings. The molecule has 1 N–H and O–H groups in total. The van der Waals surface area contributed by atoms with Crippen molar-refractivity contribution < 1.29 is 4.74 Å². The van der Waals surface area contributed by atoms with E-state index in [0.29, 0.717) is 16.1 Å². The lowest BCUT2D eigenvalue weighted by molar-refractivity contribution is 0.196. The number of ether oxygens (including phenoxy) is 1. The minimum atomic E-state index is 0.396. The fraction of sp³-hybridized carbons (Fsp3) is 0.500. The summed E-state index contributed by atoms with van der Waals surface area (Å²) in [5.74, 6) is 0. The first kappa shape index (κ1) is 13.8. The van der Waals surface area contributed by atoms with E-state index in [-0.39, 0.29) is 0 Å². The minimum absolute atomic E-state index is 0.396. The molecule has 0 radical (unpaired) electrons. The maximum atomic E-state index is 5.95. The molecular formula is C12H17Cl2NO. The summed E-state index contributed by atoms with van der Waals surface area (Å²) >= 11 is 11.8. The molecule has 1 unspecified atom stereocenters. The molecule has 1 aromatic rings. The zero-order valence-electron chi connectivity index (χ0n) is 9.59. The zero-order chi connectivity index (χ0) is 12.0. The summed E-state index contributed by atoms with van der Waals surface area (Å²) in [4.78, 5) is 0. The average molecular weight is 262 g/mol. The highest BCUT2D eigenvalue weighted by Gasteiger charge is 2.04. The summed E-state index contributed by atoms with van der Waals surface area (Å²) in [6.07, 6.45) is 0.931. The Morgan fingerprint density at radius 3 is 2.69 bits per heavy atom. The molecule has 0 amide bonds. The predicted molar refractivity (Wildman–Crippen MR) is 69.5 cm³/mol. The second-order valence-electron chi connectivity index (χ2n) is 3.80. The van der Waals surface area contributed by atoms with Gasteiger partial charge in [0.1, 0.15) is 0 Å². The van der Waals surface area contributed by atoms with Crippen LogP contribution in [0, 0.1) is 0 Å². The summed E-state index contributed by atoms with van der Waals surface area (Å²) in [6.45, 7) is 3.73. The largest absolute Gasteiger partial charge is 0.383 e. The van der Waals surface area contributed by atoms with Gasteiger partial charge in [-0.2, -0.15) is 0 Å². The van der Waals surface area contributed by atoms with Crippen LogP contribution in [0.5, 0.6) is 0 Å². The van der Waals surface area contributed by atoms with Crippen molar-refractivity contribution in [2.75, 3.05) is 20.3 Å². The average Bonchev–Trinajstić information content (AvgIpc) is 2.24. The first-order valence-corrected chi connectivity index (χ1v) is 6.05. The number of halogens is 2. The fourth-order valence-corrected chi connectivity index (χ4v) is 1.82. The van der Waals surface area contributed by atoms with Gasteiger partial charge in [0.25, 0.3) is 0 Å². The number of hydrogen-bond donors (Lipinski definition) is 1. The van der Waals surface area contributed by atoms with E-state index in [2.05, 4.69) is 12.2 Å². The first-order chi connectivity index (χ1) is 7.63. The van der Waals surface area contributed by atoms with Crippen molar-refractivity contribution in [2.45, 2.75) is 19.4 Å². The molecule has 2 nitrogen and oxygen atoms in total. The summed E-state index contributed by atoms with van der Waals surface area (Å²) in [5, 5.41) is 4.58. The van der Waals surface area contributed by atoms with Crippen LogP contribution in [0.1, 0.15) is 12.5 Å². The third kappa shape index (κ3) is 4.71. The lowest BCUT2D eigenvalue weighted by atomic mass is 10.1. The molecule has 0 aliphatic heterocycles. The van der Waals surface area contributed by atoms with Crippen molar-refractivity contribution in [1.82, 2.24) is 5.32 Å². The van der Waals surface area contributed by atoms with Crippen molar-refractivity contribution in [1.29, 1.82) is 0 Å². The second kappa shape index (κ2) is 7.13. The third-order valence-corrected chi connectivity index (χ3v) is 3.06. The Morgan fingerprint density at radius 2 is 2.06 bits per heavy atom. The van der Waals surface area contributed by atoms with Crippen LogP contribution in [0.25, 0.3) is 0 Å². The van der Waals surface area contributed by atoms with Gasteiger partial charge >= 0.3 is 0 Å². The summed E-state index contributed by atoms with van der Waals surface area (Å²) in [6, 6.07) is 6.15. The molecule has 0 spiro atoms. The number of hydrogen-bond acceptors (Lipinski definition) is 2. The lowest BCUT2D eigenvalue weighted by Gasteiger charge is -2.13. The van der Waals surface area contributed by atoms with Crippen molar-refractivity contribution >= 4 is 23.2 Å². The van der Waals surface area contributed by atoms with Crippen molar-refractivity contribution in [3.63, 3.8) is 0 Å². The molecule has 0 aliphatic carbocycles. The predicted octanol–water partition coefficient (Wildman–Crippen LogP) is 3.16. The molecular weight excluding hydrogens is 245 g/mol. The highest BCUT2D eigenvalue weighted by atomic mass is 35.5. The molecule has 0 aliphatic rings. The maximum absolute atomic E-state index is 5.95. The third-order valence-electron chi connectivity index (χ3n) is 2.32. The maximum Gasteiger partial charge on any atom is 0.0595 e. The molecule has 1 aromatic carbocycles. The Balaban J connectivity index is 2.43. The molecule has 90 valence electrons. The molecule has 16 heavy (non-hydrogen) atoms. The van der Waals surface area contributed by atoms with E-state index in [1.54, 1.807) is 7.11 Å². The van der Waals surface area contributed by atoms with Gasteiger partial charge in [0, 0.05) is 19.7 Å². The SMILES string of the molecule is COCCNC(C)Cc1ccc(Cl)c(Cl)c1. The van der Waals surface area contributed by atoms with Gasteiger partial charge in [0.05, 0.1) is 16.7 Å². The molecule has 1 atom stereocenters. The van der Waals surface area contributed by atoms with Crippen molar-refractivity contribution in [3.05, 3.63) is 33.8 Å². The van der Waals surface area contributed by atoms with Gasteiger partial charge in [-0.15, -0.1) is 0 Å². The molecule has 0 bridgehead atoms. The van der Waals surface area contributed by atoms with Crippen LogP contribution in [0.2, 0.25) is 10.0 Å². The topological polar surface area (TPSA) is 21.3 Å². The number of benzene rings is 1. The van der Waals surface area contributed by atoms with Gasteiger partial charge < -0.3 is 10.1 Å². The number of nitrogens with one attached hydrogen (secondary N) is 1. The van der Waals surface area contributed by atoms with Crippen LogP contribution in [-0.2, 0) is 11.2 Å². The Morgan fingerprint density at radius 1 is 1.31 bits per heavy atom. The summed E-state index contributed by atoms with van der Waals surface area (Å²) < 4.78 is 4.98. The van der Waals surface area contributed by atoms with Gasteiger partial charge in [-0.3, -0.25) is 0 Å². The Kier molecular flexibility index (Phi) is 6.14. The molecule has 0 saturated heterocycles. The highest BCUT2D eigenvalue weighted by Crippen LogP contribution is 2.23.